The smallest absolute Gasteiger partial charge is 0.0874 e. The summed E-state index contributed by atoms with van der Waals surface area (Å²) in [4.78, 5) is 0. The van der Waals surface area contributed by atoms with Crippen molar-refractivity contribution in [2.24, 2.45) is 13.0 Å². The van der Waals surface area contributed by atoms with Crippen LogP contribution in [0.25, 0.3) is 0 Å². The predicted octanol–water partition coefficient (Wildman–Crippen LogP) is 2.67. The van der Waals surface area contributed by atoms with Crippen molar-refractivity contribution < 1.29 is 0 Å². The molecular formula is C19H26N4. The van der Waals surface area contributed by atoms with Crippen LogP contribution in [-0.2, 0) is 26.3 Å². The number of nitrogens with zero attached hydrogens (tertiary/aromatic N) is 3. The zero-order valence-corrected chi connectivity index (χ0v) is 13.9. The first kappa shape index (κ1) is 14.9. The first-order valence-electron chi connectivity index (χ1n) is 8.97. The van der Waals surface area contributed by atoms with Crippen molar-refractivity contribution in [3.8, 4) is 0 Å². The quantitative estimate of drug-likeness (QED) is 0.944. The molecule has 122 valence electrons. The van der Waals surface area contributed by atoms with E-state index in [2.05, 4.69) is 46.0 Å². The van der Waals surface area contributed by atoms with Gasteiger partial charge < -0.3 is 5.32 Å². The third-order valence-electron chi connectivity index (χ3n) is 5.64. The van der Waals surface area contributed by atoms with Gasteiger partial charge in [-0.25, -0.2) is 0 Å². The molecule has 1 aromatic heterocycles. The molecule has 1 fully saturated rings. The molecule has 4 rings (SSSR count). The van der Waals surface area contributed by atoms with Gasteiger partial charge in [0.1, 0.15) is 0 Å². The van der Waals surface area contributed by atoms with E-state index in [1.165, 1.54) is 49.1 Å². The van der Waals surface area contributed by atoms with Crippen LogP contribution in [0.4, 0.5) is 0 Å². The van der Waals surface area contributed by atoms with Gasteiger partial charge in [-0.1, -0.05) is 42.0 Å². The van der Waals surface area contributed by atoms with Crippen LogP contribution in [0.1, 0.15) is 42.6 Å². The highest BCUT2D eigenvalue weighted by atomic mass is 15.4. The summed E-state index contributed by atoms with van der Waals surface area (Å²) in [6, 6.07) is 12.2. The number of hydrogen-bond donors (Lipinski definition) is 1. The Kier molecular flexibility index (Phi) is 4.17. The lowest BCUT2D eigenvalue weighted by Gasteiger charge is -2.29. The highest BCUT2D eigenvalue weighted by molar-refractivity contribution is 5.17. The van der Waals surface area contributed by atoms with Crippen LogP contribution in [0, 0.1) is 5.92 Å². The van der Waals surface area contributed by atoms with E-state index in [4.69, 9.17) is 0 Å². The Morgan fingerprint density at radius 1 is 1.17 bits per heavy atom. The molecule has 4 heteroatoms. The third kappa shape index (κ3) is 3.18. The Balaban J connectivity index is 1.38. The van der Waals surface area contributed by atoms with E-state index >= 15 is 0 Å². The molecule has 1 aromatic carbocycles. The van der Waals surface area contributed by atoms with E-state index in [1.54, 1.807) is 0 Å². The van der Waals surface area contributed by atoms with Crippen LogP contribution in [-0.4, -0.2) is 27.1 Å². The fourth-order valence-corrected chi connectivity index (χ4v) is 4.39. The average molecular weight is 310 g/mol. The van der Waals surface area contributed by atoms with Gasteiger partial charge >= 0.3 is 0 Å². The van der Waals surface area contributed by atoms with E-state index in [1.807, 2.05) is 11.7 Å². The summed E-state index contributed by atoms with van der Waals surface area (Å²) in [6.45, 7) is 0. The lowest BCUT2D eigenvalue weighted by atomic mass is 9.91. The Hall–Kier alpha value is -1.68. The van der Waals surface area contributed by atoms with Gasteiger partial charge in [-0.2, -0.15) is 0 Å². The van der Waals surface area contributed by atoms with Crippen LogP contribution in [0.15, 0.2) is 30.3 Å². The molecule has 1 saturated carbocycles. The molecule has 0 amide bonds. The van der Waals surface area contributed by atoms with Crippen molar-refractivity contribution >= 4 is 0 Å². The van der Waals surface area contributed by atoms with Crippen molar-refractivity contribution in [3.63, 3.8) is 0 Å². The van der Waals surface area contributed by atoms with Crippen LogP contribution in [0.3, 0.4) is 0 Å². The van der Waals surface area contributed by atoms with Crippen LogP contribution in [0.5, 0.6) is 0 Å². The Morgan fingerprint density at radius 3 is 2.91 bits per heavy atom. The molecule has 3 unspecified atom stereocenters. The standard InChI is InChI=1S/C19H26N4/c1-23-19-11-10-16(13-18(19)21-22-23)20-17-9-5-8-15(17)12-14-6-3-2-4-7-14/h2-4,6-7,15-17,20H,5,8-13H2,1H3. The first-order valence-corrected chi connectivity index (χ1v) is 8.97. The molecule has 0 spiro atoms. The summed E-state index contributed by atoms with van der Waals surface area (Å²) in [5, 5.41) is 12.5. The molecule has 23 heavy (non-hydrogen) atoms. The molecular weight excluding hydrogens is 284 g/mol. The van der Waals surface area contributed by atoms with Gasteiger partial charge in [0.15, 0.2) is 0 Å². The fraction of sp³-hybridized carbons (Fsp3) is 0.579. The van der Waals surface area contributed by atoms with E-state index < -0.39 is 0 Å². The number of rotatable bonds is 4. The van der Waals surface area contributed by atoms with E-state index in [0.29, 0.717) is 12.1 Å². The fourth-order valence-electron chi connectivity index (χ4n) is 4.39. The summed E-state index contributed by atoms with van der Waals surface area (Å²) >= 11 is 0. The van der Waals surface area contributed by atoms with E-state index in [9.17, 15) is 0 Å². The molecule has 1 N–H and O–H groups in total. The topological polar surface area (TPSA) is 42.7 Å². The monoisotopic (exact) mass is 310 g/mol. The van der Waals surface area contributed by atoms with Gasteiger partial charge in [-0.3, -0.25) is 4.68 Å². The molecule has 0 bridgehead atoms. The molecule has 2 aliphatic rings. The number of aryl methyl sites for hydroxylation is 1. The maximum atomic E-state index is 4.34. The SMILES string of the molecule is Cn1nnc2c1CCC(NC1CCCC1Cc1ccccc1)C2. The lowest BCUT2D eigenvalue weighted by molar-refractivity contribution is 0.331. The second kappa shape index (κ2) is 6.44. The summed E-state index contributed by atoms with van der Waals surface area (Å²) in [7, 11) is 2.01. The maximum absolute atomic E-state index is 4.34. The van der Waals surface area contributed by atoms with E-state index in [-0.39, 0.29) is 0 Å². The molecule has 2 aliphatic carbocycles. The molecule has 0 saturated heterocycles. The van der Waals surface area contributed by atoms with Gasteiger partial charge in [0.2, 0.25) is 0 Å². The molecule has 2 aromatic rings. The Labute approximate surface area is 138 Å². The van der Waals surface area contributed by atoms with Crippen molar-refractivity contribution in [1.29, 1.82) is 0 Å². The molecule has 1 heterocycles. The maximum Gasteiger partial charge on any atom is 0.0874 e. The van der Waals surface area contributed by atoms with Gasteiger partial charge in [0, 0.05) is 25.6 Å². The van der Waals surface area contributed by atoms with Crippen LogP contribution in [0.2, 0.25) is 0 Å². The third-order valence-corrected chi connectivity index (χ3v) is 5.64. The molecule has 0 aliphatic heterocycles. The second-order valence-electron chi connectivity index (χ2n) is 7.20. The lowest BCUT2D eigenvalue weighted by Crippen LogP contribution is -2.43. The summed E-state index contributed by atoms with van der Waals surface area (Å²) in [5.74, 6) is 0.778. The van der Waals surface area contributed by atoms with Crippen molar-refractivity contribution in [1.82, 2.24) is 20.3 Å². The highest BCUT2D eigenvalue weighted by Gasteiger charge is 2.31. The first-order chi connectivity index (χ1) is 11.3. The van der Waals surface area contributed by atoms with Gasteiger partial charge in [0.05, 0.1) is 11.4 Å². The zero-order chi connectivity index (χ0) is 15.6. The average Bonchev–Trinajstić information content (AvgIpc) is 3.16. The van der Waals surface area contributed by atoms with Crippen molar-refractivity contribution in [2.45, 2.75) is 57.0 Å². The van der Waals surface area contributed by atoms with Crippen LogP contribution >= 0.6 is 0 Å². The number of benzene rings is 1. The van der Waals surface area contributed by atoms with Gasteiger partial charge in [-0.15, -0.1) is 5.10 Å². The summed E-state index contributed by atoms with van der Waals surface area (Å²) in [6.07, 6.45) is 8.60. The summed E-state index contributed by atoms with van der Waals surface area (Å²) < 4.78 is 1.94. The molecule has 4 nitrogen and oxygen atoms in total. The number of aromatic nitrogens is 3. The highest BCUT2D eigenvalue weighted by Crippen LogP contribution is 2.30. The predicted molar refractivity (Wildman–Crippen MR) is 91.2 cm³/mol. The number of nitrogens with one attached hydrogen (secondary N) is 1. The normalized spacial score (nSPS) is 27.1. The summed E-state index contributed by atoms with van der Waals surface area (Å²) in [5.41, 5.74) is 4.01. The van der Waals surface area contributed by atoms with Crippen LogP contribution < -0.4 is 5.32 Å². The van der Waals surface area contributed by atoms with E-state index in [0.717, 1.165) is 18.8 Å². The minimum absolute atomic E-state index is 0.570. The van der Waals surface area contributed by atoms with Crippen molar-refractivity contribution in [3.05, 3.63) is 47.3 Å². The largest absolute Gasteiger partial charge is 0.311 e. The minimum Gasteiger partial charge on any atom is -0.311 e. The number of hydrogen-bond acceptors (Lipinski definition) is 3. The Bertz CT molecular complexity index is 649. The molecule has 0 radical (unpaired) electrons. The Morgan fingerprint density at radius 2 is 2.04 bits per heavy atom. The number of fused-ring (bicyclic) bond motifs is 1. The molecule has 3 atom stereocenters. The van der Waals surface area contributed by atoms with Gasteiger partial charge in [0.25, 0.3) is 0 Å². The minimum atomic E-state index is 0.570. The second-order valence-corrected chi connectivity index (χ2v) is 7.20. The van der Waals surface area contributed by atoms with Gasteiger partial charge in [-0.05, 0) is 43.6 Å². The van der Waals surface area contributed by atoms with Crippen molar-refractivity contribution in [2.75, 3.05) is 0 Å². The zero-order valence-electron chi connectivity index (χ0n) is 13.9.